The van der Waals surface area contributed by atoms with Crippen molar-refractivity contribution in [2.45, 2.75) is 11.8 Å². The summed E-state index contributed by atoms with van der Waals surface area (Å²) in [5.41, 5.74) is 1.59. The van der Waals surface area contributed by atoms with Crippen LogP contribution < -0.4 is 4.74 Å². The molecule has 1 heterocycles. The smallest absolute Gasteiger partial charge is 0.209 e. The molecule has 0 atom stereocenters. The zero-order valence-electron chi connectivity index (χ0n) is 14.3. The molecule has 134 valence electrons. The van der Waals surface area contributed by atoms with E-state index in [1.165, 1.54) is 0 Å². The van der Waals surface area contributed by atoms with Gasteiger partial charge < -0.3 is 9.64 Å². The first kappa shape index (κ1) is 18.6. The fourth-order valence-corrected chi connectivity index (χ4v) is 3.94. The first-order valence-electron chi connectivity index (χ1n) is 8.19. The van der Waals surface area contributed by atoms with Gasteiger partial charge in [-0.15, -0.1) is 0 Å². The number of benzene rings is 2. The van der Waals surface area contributed by atoms with Gasteiger partial charge in [-0.3, -0.25) is 4.79 Å². The molecule has 2 aromatic carbocycles. The molecule has 3 rings (SSSR count). The van der Waals surface area contributed by atoms with Gasteiger partial charge in [0.15, 0.2) is 0 Å². The normalized spacial score (nSPS) is 14.7. The van der Waals surface area contributed by atoms with Crippen molar-refractivity contribution in [2.75, 3.05) is 26.2 Å². The lowest BCUT2D eigenvalue weighted by Crippen LogP contribution is -2.42. The molecule has 7 heteroatoms. The number of carbonyl (C=O) groups is 1. The molecule has 0 unspecified atom stereocenters. The summed E-state index contributed by atoms with van der Waals surface area (Å²) in [4.78, 5) is 13.5. The predicted octanol–water partition coefficient (Wildman–Crippen LogP) is 4.09. The van der Waals surface area contributed by atoms with Crippen molar-refractivity contribution in [3.8, 4) is 17.6 Å². The average Bonchev–Trinajstić information content (AvgIpc) is 2.63. The minimum absolute atomic E-state index is 0.577. The monoisotopic (exact) mass is 387 g/mol. The van der Waals surface area contributed by atoms with Crippen LogP contribution in [0.1, 0.15) is 11.1 Å². The molecule has 0 N–H and O–H groups in total. The van der Waals surface area contributed by atoms with Crippen LogP contribution in [0, 0.1) is 18.3 Å². The van der Waals surface area contributed by atoms with E-state index < -0.39 is 0 Å². The Morgan fingerprint density at radius 3 is 2.62 bits per heavy atom. The van der Waals surface area contributed by atoms with Gasteiger partial charge in [0, 0.05) is 31.2 Å². The van der Waals surface area contributed by atoms with Gasteiger partial charge in [-0.05, 0) is 60.8 Å². The van der Waals surface area contributed by atoms with Crippen LogP contribution in [0.5, 0.6) is 11.5 Å². The number of rotatable bonds is 5. The van der Waals surface area contributed by atoms with E-state index in [4.69, 9.17) is 16.3 Å². The fraction of sp³-hybridized carbons (Fsp3) is 0.263. The van der Waals surface area contributed by atoms with Crippen molar-refractivity contribution in [1.29, 1.82) is 5.26 Å². The highest BCUT2D eigenvalue weighted by Gasteiger charge is 2.19. The first-order valence-corrected chi connectivity index (χ1v) is 9.34. The molecule has 1 fully saturated rings. The fourth-order valence-electron chi connectivity index (χ4n) is 2.66. The Hall–Kier alpha value is -2.20. The van der Waals surface area contributed by atoms with E-state index in [1.54, 1.807) is 35.0 Å². The lowest BCUT2D eigenvalue weighted by molar-refractivity contribution is -0.119. The summed E-state index contributed by atoms with van der Waals surface area (Å²) in [5.74, 6) is 1.33. The van der Waals surface area contributed by atoms with Crippen LogP contribution in [-0.2, 0) is 4.79 Å². The topological polar surface area (TPSA) is 56.6 Å². The Kier molecular flexibility index (Phi) is 6.04. The van der Waals surface area contributed by atoms with Gasteiger partial charge in [0.25, 0.3) is 0 Å². The molecule has 1 amide bonds. The van der Waals surface area contributed by atoms with Crippen LogP contribution in [0.2, 0.25) is 5.02 Å². The third-order valence-electron chi connectivity index (χ3n) is 3.97. The maximum Gasteiger partial charge on any atom is 0.209 e. The molecule has 0 radical (unpaired) electrons. The minimum atomic E-state index is 0.577. The Bertz CT molecular complexity index is 825. The molecule has 1 aliphatic heterocycles. The molecule has 0 spiro atoms. The number of aryl methyl sites for hydroxylation is 1. The number of hydrogen-bond donors (Lipinski definition) is 0. The van der Waals surface area contributed by atoms with Crippen molar-refractivity contribution in [3.63, 3.8) is 0 Å². The molecule has 1 aliphatic rings. The second-order valence-corrected chi connectivity index (χ2v) is 7.58. The maximum absolute atomic E-state index is 10.9. The summed E-state index contributed by atoms with van der Waals surface area (Å²) < 4.78 is 8.22. The van der Waals surface area contributed by atoms with E-state index >= 15 is 0 Å². The number of carbonyl (C=O) groups excluding carboxylic acids is 1. The number of amides is 1. The van der Waals surface area contributed by atoms with E-state index in [0.717, 1.165) is 30.0 Å². The zero-order valence-corrected chi connectivity index (χ0v) is 15.9. The summed E-state index contributed by atoms with van der Waals surface area (Å²) in [6, 6.07) is 13.1. The Balaban J connectivity index is 1.81. The number of nitriles is 1. The van der Waals surface area contributed by atoms with Gasteiger partial charge in [0.1, 0.15) is 11.5 Å². The second-order valence-electron chi connectivity index (χ2n) is 6.00. The molecular weight excluding hydrogens is 370 g/mol. The summed E-state index contributed by atoms with van der Waals surface area (Å²) >= 11 is 7.66. The third-order valence-corrected chi connectivity index (χ3v) is 5.32. The number of hydrogen-bond acceptors (Lipinski definition) is 5. The number of piperazine rings is 1. The van der Waals surface area contributed by atoms with Gasteiger partial charge in [0.05, 0.1) is 16.5 Å². The van der Waals surface area contributed by atoms with Crippen LogP contribution in [-0.4, -0.2) is 41.8 Å². The SMILES string of the molecule is Cc1cc(Cl)cc(Oc2ccc(C#N)cc2SN2CCN(C=O)CC2)c1. The lowest BCUT2D eigenvalue weighted by Gasteiger charge is -2.31. The molecule has 0 saturated carbocycles. The molecule has 0 aliphatic carbocycles. The highest BCUT2D eigenvalue weighted by atomic mass is 35.5. The average molecular weight is 388 g/mol. The van der Waals surface area contributed by atoms with Gasteiger partial charge in [-0.25, -0.2) is 4.31 Å². The molecule has 5 nitrogen and oxygen atoms in total. The highest BCUT2D eigenvalue weighted by Crippen LogP contribution is 2.36. The van der Waals surface area contributed by atoms with Gasteiger partial charge >= 0.3 is 0 Å². The molecule has 0 aromatic heterocycles. The quantitative estimate of drug-likeness (QED) is 0.571. The number of ether oxygens (including phenoxy) is 1. The van der Waals surface area contributed by atoms with E-state index in [1.807, 2.05) is 25.1 Å². The van der Waals surface area contributed by atoms with Crippen molar-refractivity contribution < 1.29 is 9.53 Å². The molecular formula is C19H18ClN3O2S. The molecule has 2 aromatic rings. The highest BCUT2D eigenvalue weighted by molar-refractivity contribution is 7.97. The van der Waals surface area contributed by atoms with Crippen molar-refractivity contribution >= 4 is 30.0 Å². The van der Waals surface area contributed by atoms with Crippen LogP contribution in [0.25, 0.3) is 0 Å². The molecule has 1 saturated heterocycles. The van der Waals surface area contributed by atoms with Gasteiger partial charge in [0.2, 0.25) is 6.41 Å². The Morgan fingerprint density at radius 1 is 1.19 bits per heavy atom. The standard InChI is InChI=1S/C19H18ClN3O2S/c1-14-8-16(20)11-17(9-14)25-18-3-2-15(12-21)10-19(18)26-23-6-4-22(13-24)5-7-23/h2-3,8-11,13H,4-7H2,1H3. The zero-order chi connectivity index (χ0) is 18.5. The second kappa shape index (κ2) is 8.45. The lowest BCUT2D eigenvalue weighted by atomic mass is 10.2. The van der Waals surface area contributed by atoms with Crippen LogP contribution in [0.3, 0.4) is 0 Å². The van der Waals surface area contributed by atoms with Crippen molar-refractivity contribution in [2.24, 2.45) is 0 Å². The van der Waals surface area contributed by atoms with E-state index in [9.17, 15) is 10.1 Å². The Labute approximate surface area is 162 Å². The third kappa shape index (κ3) is 4.70. The summed E-state index contributed by atoms with van der Waals surface area (Å²) in [6.07, 6.45) is 0.883. The maximum atomic E-state index is 10.9. The van der Waals surface area contributed by atoms with Gasteiger partial charge in [-0.1, -0.05) is 11.6 Å². The Morgan fingerprint density at radius 2 is 1.96 bits per heavy atom. The van der Waals surface area contributed by atoms with Crippen LogP contribution in [0.4, 0.5) is 0 Å². The summed E-state index contributed by atoms with van der Waals surface area (Å²) in [7, 11) is 0. The summed E-state index contributed by atoms with van der Waals surface area (Å²) in [6.45, 7) is 4.86. The van der Waals surface area contributed by atoms with E-state index in [-0.39, 0.29) is 0 Å². The predicted molar refractivity (Wildman–Crippen MR) is 102 cm³/mol. The minimum Gasteiger partial charge on any atom is -0.456 e. The van der Waals surface area contributed by atoms with Gasteiger partial charge in [-0.2, -0.15) is 5.26 Å². The van der Waals surface area contributed by atoms with Crippen molar-refractivity contribution in [3.05, 3.63) is 52.5 Å². The number of halogens is 1. The molecule has 26 heavy (non-hydrogen) atoms. The van der Waals surface area contributed by atoms with E-state index in [2.05, 4.69) is 10.4 Å². The largest absolute Gasteiger partial charge is 0.456 e. The molecule has 0 bridgehead atoms. The van der Waals surface area contributed by atoms with E-state index in [0.29, 0.717) is 35.2 Å². The van der Waals surface area contributed by atoms with Crippen LogP contribution >= 0.6 is 23.5 Å². The van der Waals surface area contributed by atoms with Crippen molar-refractivity contribution in [1.82, 2.24) is 9.21 Å². The number of nitrogens with zero attached hydrogens (tertiary/aromatic N) is 3. The first-order chi connectivity index (χ1) is 12.6. The summed E-state index contributed by atoms with van der Waals surface area (Å²) in [5, 5.41) is 9.83. The van der Waals surface area contributed by atoms with Crippen LogP contribution in [0.15, 0.2) is 41.3 Å².